The molecule has 0 N–H and O–H groups in total. The molecule has 0 fully saturated rings. The normalized spacial score (nSPS) is 13.1. The maximum absolute atomic E-state index is 6.84. The van der Waals surface area contributed by atoms with Crippen molar-refractivity contribution in [1.82, 2.24) is 14.5 Å². The van der Waals surface area contributed by atoms with Crippen LogP contribution in [-0.2, 0) is 0 Å². The standard InChI is InChI=1S/C39H26BN3O2S/c1-22(2)24-18-34-38-35(19-24)45-33-20-26-25-9-3-5-11-30(25)43(37-13-7-8-16-41-37)31(26)21-28(33)40(38)27-17-23(14-15-32(27)44-34)39-42-29-10-4-6-12-36(29)46-39/h3-22H,1-2H3. The van der Waals surface area contributed by atoms with Gasteiger partial charge in [0.05, 0.1) is 21.3 Å². The minimum atomic E-state index is -0.0763. The molecule has 5 heterocycles. The molecule has 0 radical (unpaired) electrons. The summed E-state index contributed by atoms with van der Waals surface area (Å²) < 4.78 is 17.0. The van der Waals surface area contributed by atoms with E-state index in [2.05, 4.69) is 109 Å². The number of ether oxygens (including phenoxy) is 2. The lowest BCUT2D eigenvalue weighted by Gasteiger charge is -2.34. The fraction of sp³-hybridized carbons (Fsp3) is 0.0769. The molecule has 10 rings (SSSR count). The average molecular weight is 612 g/mol. The van der Waals surface area contributed by atoms with Crippen LogP contribution in [0.3, 0.4) is 0 Å². The van der Waals surface area contributed by atoms with Crippen LogP contribution < -0.4 is 25.9 Å². The van der Waals surface area contributed by atoms with Gasteiger partial charge in [-0.2, -0.15) is 0 Å². The summed E-state index contributed by atoms with van der Waals surface area (Å²) in [6, 6.07) is 38.4. The van der Waals surface area contributed by atoms with Crippen LogP contribution in [0.5, 0.6) is 23.0 Å². The largest absolute Gasteiger partial charge is 0.458 e. The summed E-state index contributed by atoms with van der Waals surface area (Å²) >= 11 is 1.72. The van der Waals surface area contributed by atoms with Crippen molar-refractivity contribution in [3.8, 4) is 39.4 Å². The molecule has 0 aliphatic carbocycles. The minimum absolute atomic E-state index is 0.0763. The van der Waals surface area contributed by atoms with Crippen LogP contribution in [0.4, 0.5) is 0 Å². The van der Waals surface area contributed by atoms with Crippen LogP contribution in [0.15, 0.2) is 115 Å². The third-order valence-corrected chi connectivity index (χ3v) is 10.5. The van der Waals surface area contributed by atoms with E-state index in [1.165, 1.54) is 15.6 Å². The lowest BCUT2D eigenvalue weighted by Crippen LogP contribution is -2.57. The smallest absolute Gasteiger partial charge is 0.260 e. The van der Waals surface area contributed by atoms with Gasteiger partial charge in [-0.15, -0.1) is 11.3 Å². The molecule has 46 heavy (non-hydrogen) atoms. The van der Waals surface area contributed by atoms with Crippen LogP contribution in [0.2, 0.25) is 0 Å². The first-order chi connectivity index (χ1) is 22.6. The maximum atomic E-state index is 6.84. The van der Waals surface area contributed by atoms with Crippen molar-refractivity contribution in [3.63, 3.8) is 0 Å². The number of nitrogens with zero attached hydrogens (tertiary/aromatic N) is 3. The number of para-hydroxylation sites is 2. The van der Waals surface area contributed by atoms with Crippen molar-refractivity contribution < 1.29 is 9.47 Å². The number of fused-ring (bicyclic) bond motifs is 8. The fourth-order valence-corrected chi connectivity index (χ4v) is 8.14. The highest BCUT2D eigenvalue weighted by atomic mass is 32.1. The number of aromatic nitrogens is 3. The van der Waals surface area contributed by atoms with E-state index >= 15 is 0 Å². The summed E-state index contributed by atoms with van der Waals surface area (Å²) in [4.78, 5) is 9.75. The number of rotatable bonds is 3. The molecule has 218 valence electrons. The average Bonchev–Trinajstić information content (AvgIpc) is 3.66. The van der Waals surface area contributed by atoms with Crippen molar-refractivity contribution >= 4 is 66.5 Å². The number of thiazole rings is 1. The number of hydrogen-bond donors (Lipinski definition) is 0. The van der Waals surface area contributed by atoms with Gasteiger partial charge in [0, 0.05) is 28.0 Å². The second-order valence-electron chi connectivity index (χ2n) is 12.4. The minimum Gasteiger partial charge on any atom is -0.458 e. The molecule has 0 saturated heterocycles. The number of benzene rings is 5. The molecule has 5 nitrogen and oxygen atoms in total. The topological polar surface area (TPSA) is 49.2 Å². The molecule has 5 aromatic carbocycles. The monoisotopic (exact) mass is 611 g/mol. The Hall–Kier alpha value is -5.40. The van der Waals surface area contributed by atoms with Crippen molar-refractivity contribution in [3.05, 3.63) is 121 Å². The van der Waals surface area contributed by atoms with Crippen LogP contribution in [-0.4, -0.2) is 21.2 Å². The van der Waals surface area contributed by atoms with E-state index in [1.807, 2.05) is 24.4 Å². The molecular formula is C39H26BN3O2S. The van der Waals surface area contributed by atoms with E-state index in [-0.39, 0.29) is 6.71 Å². The Labute approximate surface area is 269 Å². The first-order valence-electron chi connectivity index (χ1n) is 15.6. The summed E-state index contributed by atoms with van der Waals surface area (Å²) in [6.45, 7) is 4.34. The zero-order valence-corrected chi connectivity index (χ0v) is 26.0. The van der Waals surface area contributed by atoms with E-state index in [4.69, 9.17) is 19.4 Å². The van der Waals surface area contributed by atoms with E-state index in [9.17, 15) is 0 Å². The van der Waals surface area contributed by atoms with Gasteiger partial charge < -0.3 is 9.47 Å². The van der Waals surface area contributed by atoms with E-state index in [0.29, 0.717) is 5.92 Å². The zero-order chi connectivity index (χ0) is 30.5. The second kappa shape index (κ2) is 9.55. The van der Waals surface area contributed by atoms with Gasteiger partial charge in [-0.3, -0.25) is 4.57 Å². The van der Waals surface area contributed by atoms with Gasteiger partial charge in [-0.25, -0.2) is 9.97 Å². The molecule has 0 spiro atoms. The van der Waals surface area contributed by atoms with E-state index in [1.54, 1.807) is 11.3 Å². The van der Waals surface area contributed by atoms with Gasteiger partial charge in [-0.1, -0.05) is 56.3 Å². The summed E-state index contributed by atoms with van der Waals surface area (Å²) in [7, 11) is 0. The molecule has 2 aliphatic rings. The molecule has 8 aromatic rings. The van der Waals surface area contributed by atoms with Gasteiger partial charge >= 0.3 is 0 Å². The summed E-state index contributed by atoms with van der Waals surface area (Å²) in [6.07, 6.45) is 1.85. The predicted molar refractivity (Wildman–Crippen MR) is 189 cm³/mol. The molecule has 7 heteroatoms. The third-order valence-electron chi connectivity index (χ3n) is 9.38. The highest BCUT2D eigenvalue weighted by Gasteiger charge is 2.41. The molecule has 0 atom stereocenters. The van der Waals surface area contributed by atoms with Crippen LogP contribution >= 0.6 is 11.3 Å². The first-order valence-corrected chi connectivity index (χ1v) is 16.4. The Kier molecular flexibility index (Phi) is 5.38. The van der Waals surface area contributed by atoms with Crippen molar-refractivity contribution in [2.45, 2.75) is 19.8 Å². The summed E-state index contributed by atoms with van der Waals surface area (Å²) in [5.41, 5.74) is 8.82. The zero-order valence-electron chi connectivity index (χ0n) is 25.2. The third kappa shape index (κ3) is 3.69. The molecule has 2 aliphatic heterocycles. The Morgan fingerprint density at radius 3 is 2.30 bits per heavy atom. The highest BCUT2D eigenvalue weighted by Crippen LogP contribution is 2.41. The Bertz CT molecular complexity index is 2500. The molecule has 0 amide bonds. The van der Waals surface area contributed by atoms with Crippen LogP contribution in [0.1, 0.15) is 25.3 Å². The van der Waals surface area contributed by atoms with E-state index < -0.39 is 0 Å². The second-order valence-corrected chi connectivity index (χ2v) is 13.4. The molecule has 0 bridgehead atoms. The molecule has 0 saturated carbocycles. The molecule has 0 unspecified atom stereocenters. The van der Waals surface area contributed by atoms with Crippen molar-refractivity contribution in [2.24, 2.45) is 0 Å². The maximum Gasteiger partial charge on any atom is 0.260 e. The Balaban J connectivity index is 1.25. The van der Waals surface area contributed by atoms with Crippen molar-refractivity contribution in [2.75, 3.05) is 0 Å². The van der Waals surface area contributed by atoms with Gasteiger partial charge in [-0.05, 0) is 89.1 Å². The van der Waals surface area contributed by atoms with Gasteiger partial charge in [0.1, 0.15) is 33.8 Å². The van der Waals surface area contributed by atoms with Gasteiger partial charge in [0.25, 0.3) is 6.71 Å². The SMILES string of the molecule is CC(C)c1cc2c3c(c1)Oc1cc4c5ccccc5n(-c5ccccn5)c4cc1B3c1cc(-c3nc4ccccc4s3)ccc1O2. The number of hydrogen-bond acceptors (Lipinski definition) is 5. The lowest BCUT2D eigenvalue weighted by molar-refractivity contribution is 0.463. The quantitative estimate of drug-likeness (QED) is 0.189. The van der Waals surface area contributed by atoms with Crippen molar-refractivity contribution in [1.29, 1.82) is 0 Å². The number of pyridine rings is 1. The highest BCUT2D eigenvalue weighted by molar-refractivity contribution is 7.21. The fourth-order valence-electron chi connectivity index (χ4n) is 7.18. The summed E-state index contributed by atoms with van der Waals surface area (Å²) in [5, 5.41) is 3.31. The van der Waals surface area contributed by atoms with Gasteiger partial charge in [0.15, 0.2) is 0 Å². The molecule has 3 aromatic heterocycles. The lowest BCUT2D eigenvalue weighted by atomic mass is 9.34. The van der Waals surface area contributed by atoms with Crippen LogP contribution in [0.25, 0.3) is 48.4 Å². The van der Waals surface area contributed by atoms with Crippen LogP contribution in [0, 0.1) is 0 Å². The molecular weight excluding hydrogens is 585 g/mol. The Morgan fingerprint density at radius 2 is 1.48 bits per heavy atom. The van der Waals surface area contributed by atoms with E-state index in [0.717, 1.165) is 77.7 Å². The predicted octanol–water partition coefficient (Wildman–Crippen LogP) is 8.31. The summed E-state index contributed by atoms with van der Waals surface area (Å²) in [5.74, 6) is 4.69. The Morgan fingerprint density at radius 1 is 0.696 bits per heavy atom. The first kappa shape index (κ1) is 25.9. The van der Waals surface area contributed by atoms with Gasteiger partial charge in [0.2, 0.25) is 0 Å².